The maximum absolute atomic E-state index is 13.9. The number of benzene rings is 1. The van der Waals surface area contributed by atoms with Crippen molar-refractivity contribution in [2.45, 2.75) is 25.2 Å². The van der Waals surface area contributed by atoms with Crippen LogP contribution in [-0.4, -0.2) is 26.3 Å². The van der Waals surface area contributed by atoms with Gasteiger partial charge in [-0.2, -0.15) is 0 Å². The van der Waals surface area contributed by atoms with Gasteiger partial charge in [-0.3, -0.25) is 0 Å². The van der Waals surface area contributed by atoms with Gasteiger partial charge >= 0.3 is 0 Å². The monoisotopic (exact) mass is 352 g/mol. The molecule has 0 bridgehead atoms. The number of hydrogen-bond acceptors (Lipinski definition) is 3. The number of rotatable bonds is 5. The second-order valence-electron chi connectivity index (χ2n) is 4.82. The molecule has 2 N–H and O–H groups in total. The third kappa shape index (κ3) is 3.90. The normalized spacial score (nSPS) is 12.4. The highest BCUT2D eigenvalue weighted by Crippen LogP contribution is 2.28. The molecule has 108 valence electrons. The summed E-state index contributed by atoms with van der Waals surface area (Å²) in [4.78, 5) is -0.398. The molecule has 0 aromatic heterocycles. The van der Waals surface area contributed by atoms with Crippen LogP contribution < -0.4 is 5.73 Å². The summed E-state index contributed by atoms with van der Waals surface area (Å²) in [6, 6.07) is 2.48. The second kappa shape index (κ2) is 6.19. The fourth-order valence-electron chi connectivity index (χ4n) is 1.50. The van der Waals surface area contributed by atoms with Gasteiger partial charge in [-0.05, 0) is 40.4 Å². The van der Waals surface area contributed by atoms with Crippen LogP contribution >= 0.6 is 15.9 Å². The molecule has 0 saturated carbocycles. The lowest BCUT2D eigenvalue weighted by Crippen LogP contribution is -2.29. The Labute approximate surface area is 122 Å². The van der Waals surface area contributed by atoms with Crippen LogP contribution in [0.5, 0.6) is 0 Å². The highest BCUT2D eigenvalue weighted by Gasteiger charge is 2.26. The molecular formula is C12H18BrFN2O2S. The van der Waals surface area contributed by atoms with E-state index in [2.05, 4.69) is 15.9 Å². The summed E-state index contributed by atoms with van der Waals surface area (Å²) in [5.74, 6) is -0.444. The quantitative estimate of drug-likeness (QED) is 0.828. The zero-order valence-electron chi connectivity index (χ0n) is 11.2. The van der Waals surface area contributed by atoms with Crippen LogP contribution in [0.25, 0.3) is 0 Å². The minimum absolute atomic E-state index is 0.0448. The van der Waals surface area contributed by atoms with Crippen molar-refractivity contribution in [3.05, 3.63) is 22.4 Å². The number of sulfonamides is 1. The van der Waals surface area contributed by atoms with Gasteiger partial charge in [-0.1, -0.05) is 13.8 Å². The molecule has 0 spiro atoms. The van der Waals surface area contributed by atoms with Crippen molar-refractivity contribution in [1.82, 2.24) is 4.31 Å². The van der Waals surface area contributed by atoms with Crippen molar-refractivity contribution in [2.75, 3.05) is 19.3 Å². The van der Waals surface area contributed by atoms with Gasteiger partial charge in [0.1, 0.15) is 4.90 Å². The van der Waals surface area contributed by atoms with Crippen molar-refractivity contribution < 1.29 is 12.8 Å². The maximum Gasteiger partial charge on any atom is 0.245 e. The van der Waals surface area contributed by atoms with Crippen LogP contribution in [-0.2, 0) is 10.0 Å². The molecule has 1 aromatic carbocycles. The van der Waals surface area contributed by atoms with Gasteiger partial charge in [0.15, 0.2) is 5.82 Å². The molecule has 1 rings (SSSR count). The van der Waals surface area contributed by atoms with E-state index in [1.165, 1.54) is 13.1 Å². The van der Waals surface area contributed by atoms with Crippen molar-refractivity contribution >= 4 is 31.6 Å². The Morgan fingerprint density at radius 3 is 2.53 bits per heavy atom. The van der Waals surface area contributed by atoms with Crippen molar-refractivity contribution in [1.29, 1.82) is 0 Å². The topological polar surface area (TPSA) is 63.4 Å². The first kappa shape index (κ1) is 16.4. The van der Waals surface area contributed by atoms with Gasteiger partial charge in [0.05, 0.1) is 4.47 Å². The first-order chi connectivity index (χ1) is 8.66. The molecule has 0 atom stereocenters. The first-order valence-corrected chi connectivity index (χ1v) is 8.10. The van der Waals surface area contributed by atoms with Gasteiger partial charge in [0, 0.05) is 19.3 Å². The van der Waals surface area contributed by atoms with E-state index in [1.807, 2.05) is 13.8 Å². The summed E-state index contributed by atoms with van der Waals surface area (Å²) < 4.78 is 39.7. The molecule has 7 heteroatoms. The predicted octanol–water partition coefficient (Wildman–Crippen LogP) is 2.84. The molecule has 0 heterocycles. The Balaban J connectivity index is 3.13. The molecule has 0 radical (unpaired) electrons. The molecule has 0 fully saturated rings. The molecule has 0 aliphatic carbocycles. The smallest absolute Gasteiger partial charge is 0.245 e. The Kier molecular flexibility index (Phi) is 5.34. The molecule has 1 aromatic rings. The lowest BCUT2D eigenvalue weighted by atomic mass is 10.1. The Hall–Kier alpha value is -0.660. The Bertz CT molecular complexity index is 561. The summed E-state index contributed by atoms with van der Waals surface area (Å²) >= 11 is 2.96. The highest BCUT2D eigenvalue weighted by molar-refractivity contribution is 9.10. The van der Waals surface area contributed by atoms with Gasteiger partial charge in [-0.25, -0.2) is 17.1 Å². The van der Waals surface area contributed by atoms with Gasteiger partial charge in [-0.15, -0.1) is 0 Å². The third-order valence-electron chi connectivity index (χ3n) is 2.73. The Morgan fingerprint density at radius 1 is 1.42 bits per heavy atom. The van der Waals surface area contributed by atoms with Gasteiger partial charge in [0.2, 0.25) is 10.0 Å². The summed E-state index contributed by atoms with van der Waals surface area (Å²) in [6.07, 6.45) is 0.709. The van der Waals surface area contributed by atoms with E-state index in [0.29, 0.717) is 18.9 Å². The highest BCUT2D eigenvalue weighted by atomic mass is 79.9. The van der Waals surface area contributed by atoms with E-state index in [-0.39, 0.29) is 10.2 Å². The van der Waals surface area contributed by atoms with Crippen LogP contribution in [0.4, 0.5) is 10.1 Å². The number of anilines is 1. The van der Waals surface area contributed by atoms with Crippen LogP contribution in [0.1, 0.15) is 20.3 Å². The summed E-state index contributed by atoms with van der Waals surface area (Å²) in [5, 5.41) is 0. The third-order valence-corrected chi connectivity index (χ3v) is 5.16. The number of nitrogens with two attached hydrogens (primary N) is 1. The van der Waals surface area contributed by atoms with E-state index in [9.17, 15) is 12.8 Å². The van der Waals surface area contributed by atoms with E-state index in [1.54, 1.807) is 0 Å². The zero-order valence-corrected chi connectivity index (χ0v) is 13.6. The van der Waals surface area contributed by atoms with E-state index in [0.717, 1.165) is 10.4 Å². The van der Waals surface area contributed by atoms with Crippen LogP contribution in [0, 0.1) is 11.7 Å². The molecule has 4 nitrogen and oxygen atoms in total. The summed E-state index contributed by atoms with van der Waals surface area (Å²) in [7, 11) is -2.42. The average Bonchev–Trinajstić information content (AvgIpc) is 2.30. The lowest BCUT2D eigenvalue weighted by Gasteiger charge is -2.19. The summed E-state index contributed by atoms with van der Waals surface area (Å²) in [6.45, 7) is 4.34. The van der Waals surface area contributed by atoms with Gasteiger partial charge < -0.3 is 5.73 Å². The molecule has 0 aliphatic heterocycles. The molecule has 0 saturated heterocycles. The maximum atomic E-state index is 13.9. The molecule has 0 aliphatic rings. The minimum atomic E-state index is -3.86. The molecular weight excluding hydrogens is 335 g/mol. The number of nitrogen functional groups attached to an aromatic ring is 1. The number of halogens is 2. The Morgan fingerprint density at radius 2 is 2.00 bits per heavy atom. The first-order valence-electron chi connectivity index (χ1n) is 5.87. The van der Waals surface area contributed by atoms with Crippen molar-refractivity contribution in [3.8, 4) is 0 Å². The predicted molar refractivity (Wildman–Crippen MR) is 77.8 cm³/mol. The zero-order chi connectivity index (χ0) is 14.8. The number of hydrogen-bond donors (Lipinski definition) is 1. The second-order valence-corrected chi connectivity index (χ2v) is 7.69. The van der Waals surface area contributed by atoms with Crippen LogP contribution in [0.15, 0.2) is 21.5 Å². The van der Waals surface area contributed by atoms with Crippen LogP contribution in [0.2, 0.25) is 0 Å². The van der Waals surface area contributed by atoms with Crippen molar-refractivity contribution in [3.63, 3.8) is 0 Å². The summed E-state index contributed by atoms with van der Waals surface area (Å²) in [5.41, 5.74) is 5.77. The average molecular weight is 353 g/mol. The largest absolute Gasteiger partial charge is 0.399 e. The van der Waals surface area contributed by atoms with E-state index in [4.69, 9.17) is 5.73 Å². The standard InChI is InChI=1S/C12H18BrFN2O2S/c1-8(2)4-5-16(3)19(17,18)11-7-9(15)6-10(13)12(11)14/h6-8H,4-5,15H2,1-3H3. The SMILES string of the molecule is CC(C)CCN(C)S(=O)(=O)c1cc(N)cc(Br)c1F. The van der Waals surface area contributed by atoms with E-state index < -0.39 is 20.7 Å². The molecule has 0 unspecified atom stereocenters. The fourth-order valence-corrected chi connectivity index (χ4v) is 3.41. The molecule has 0 amide bonds. The fraction of sp³-hybridized carbons (Fsp3) is 0.500. The van der Waals surface area contributed by atoms with Crippen molar-refractivity contribution in [2.24, 2.45) is 5.92 Å². The number of nitrogens with zero attached hydrogens (tertiary/aromatic N) is 1. The minimum Gasteiger partial charge on any atom is -0.399 e. The van der Waals surface area contributed by atoms with Gasteiger partial charge in [0.25, 0.3) is 0 Å². The van der Waals surface area contributed by atoms with E-state index >= 15 is 0 Å². The van der Waals surface area contributed by atoms with Crippen LogP contribution in [0.3, 0.4) is 0 Å². The lowest BCUT2D eigenvalue weighted by molar-refractivity contribution is 0.424. The molecule has 19 heavy (non-hydrogen) atoms.